The number of hydrogen-bond donors (Lipinski definition) is 1. The number of alkyl halides is 3. The number of anilines is 2. The molecule has 0 amide bonds. The maximum atomic E-state index is 15.3. The Bertz CT molecular complexity index is 1260. The Labute approximate surface area is 193 Å². The topological polar surface area (TPSA) is 88.1 Å². The molecule has 2 heterocycles. The highest BCUT2D eigenvalue weighted by molar-refractivity contribution is 7.90. The van der Waals surface area contributed by atoms with E-state index in [1.54, 1.807) is 11.0 Å². The van der Waals surface area contributed by atoms with Crippen molar-refractivity contribution < 1.29 is 26.0 Å². The van der Waals surface area contributed by atoms with Gasteiger partial charge in [0.1, 0.15) is 6.33 Å². The van der Waals surface area contributed by atoms with Crippen LogP contribution in [0.1, 0.15) is 29.5 Å². The van der Waals surface area contributed by atoms with E-state index < -0.39 is 27.4 Å². The average molecular weight is 496 g/mol. The Morgan fingerprint density at radius 3 is 2.26 bits per heavy atom. The van der Waals surface area contributed by atoms with Gasteiger partial charge in [-0.15, -0.1) is 0 Å². The van der Waals surface area contributed by atoms with E-state index in [4.69, 9.17) is 0 Å². The molecule has 1 saturated carbocycles. The van der Waals surface area contributed by atoms with E-state index in [1.165, 1.54) is 30.7 Å². The lowest BCUT2D eigenvalue weighted by molar-refractivity contribution is -0.137. The van der Waals surface area contributed by atoms with Gasteiger partial charge in [-0.25, -0.2) is 23.4 Å². The van der Waals surface area contributed by atoms with Gasteiger partial charge in [-0.1, -0.05) is 18.2 Å². The number of halogens is 4. The van der Waals surface area contributed by atoms with Crippen LogP contribution in [-0.4, -0.2) is 35.7 Å². The SMILES string of the molecule is CS(=O)(=O)c1ccc(CNc2ncnc(N(Cc3ccc(C(F)(F)F)cc3)C3CC3)c2F)cn1. The minimum Gasteiger partial charge on any atom is -0.363 e. The number of nitrogens with one attached hydrogen (secondary N) is 1. The lowest BCUT2D eigenvalue weighted by atomic mass is 10.1. The molecule has 180 valence electrons. The monoisotopic (exact) mass is 495 g/mol. The van der Waals surface area contributed by atoms with E-state index in [9.17, 15) is 21.6 Å². The Kier molecular flexibility index (Phi) is 6.43. The number of nitrogens with zero attached hydrogens (tertiary/aromatic N) is 4. The summed E-state index contributed by atoms with van der Waals surface area (Å²) in [7, 11) is -3.42. The molecule has 7 nitrogen and oxygen atoms in total. The molecule has 12 heteroatoms. The fourth-order valence-electron chi connectivity index (χ4n) is 3.36. The Morgan fingerprint density at radius 1 is 1.03 bits per heavy atom. The number of benzene rings is 1. The molecule has 0 unspecified atom stereocenters. The van der Waals surface area contributed by atoms with E-state index >= 15 is 4.39 Å². The summed E-state index contributed by atoms with van der Waals surface area (Å²) in [5.41, 5.74) is 0.480. The van der Waals surface area contributed by atoms with Gasteiger partial charge >= 0.3 is 6.18 Å². The van der Waals surface area contributed by atoms with Gasteiger partial charge in [-0.05, 0) is 42.2 Å². The molecule has 4 rings (SSSR count). The first-order valence-electron chi connectivity index (χ1n) is 10.3. The van der Waals surface area contributed by atoms with Gasteiger partial charge < -0.3 is 10.2 Å². The molecule has 1 N–H and O–H groups in total. The second-order valence-electron chi connectivity index (χ2n) is 8.04. The van der Waals surface area contributed by atoms with Crippen LogP contribution in [0.5, 0.6) is 0 Å². The van der Waals surface area contributed by atoms with Crippen LogP contribution in [0.2, 0.25) is 0 Å². The minimum atomic E-state index is -4.42. The Morgan fingerprint density at radius 2 is 1.71 bits per heavy atom. The molecule has 1 aromatic carbocycles. The normalized spacial score (nSPS) is 14.1. The minimum absolute atomic E-state index is 0.0345. The van der Waals surface area contributed by atoms with E-state index in [-0.39, 0.29) is 35.8 Å². The van der Waals surface area contributed by atoms with Crippen molar-refractivity contribution >= 4 is 21.5 Å². The van der Waals surface area contributed by atoms with Crippen LogP contribution in [0, 0.1) is 5.82 Å². The summed E-state index contributed by atoms with van der Waals surface area (Å²) in [6.45, 7) is 0.347. The van der Waals surface area contributed by atoms with Crippen molar-refractivity contribution in [3.05, 3.63) is 71.4 Å². The molecule has 2 aromatic heterocycles. The van der Waals surface area contributed by atoms with E-state index in [0.717, 1.165) is 31.2 Å². The van der Waals surface area contributed by atoms with Gasteiger partial charge in [0.05, 0.1) is 5.56 Å². The first kappa shape index (κ1) is 23.9. The number of sulfone groups is 1. The summed E-state index contributed by atoms with van der Waals surface area (Å²) in [6.07, 6.45) is 0.880. The fraction of sp³-hybridized carbons (Fsp3) is 0.318. The Balaban J connectivity index is 1.50. The summed E-state index contributed by atoms with van der Waals surface area (Å²) in [5, 5.41) is 2.80. The predicted octanol–water partition coefficient (Wildman–Crippen LogP) is 4.21. The lowest BCUT2D eigenvalue weighted by Crippen LogP contribution is -2.27. The van der Waals surface area contributed by atoms with Crippen LogP contribution < -0.4 is 10.2 Å². The van der Waals surface area contributed by atoms with Crippen molar-refractivity contribution in [1.29, 1.82) is 0 Å². The number of pyridine rings is 1. The fourth-order valence-corrected chi connectivity index (χ4v) is 3.92. The van der Waals surface area contributed by atoms with Crippen molar-refractivity contribution in [3.8, 4) is 0 Å². The van der Waals surface area contributed by atoms with Gasteiger partial charge in [0.2, 0.25) is 5.82 Å². The molecule has 0 saturated heterocycles. The first-order valence-corrected chi connectivity index (χ1v) is 12.2. The smallest absolute Gasteiger partial charge is 0.363 e. The highest BCUT2D eigenvalue weighted by atomic mass is 32.2. The predicted molar refractivity (Wildman–Crippen MR) is 117 cm³/mol. The molecular weight excluding hydrogens is 474 g/mol. The molecule has 0 atom stereocenters. The average Bonchev–Trinajstić information content (AvgIpc) is 3.62. The molecule has 34 heavy (non-hydrogen) atoms. The number of rotatable bonds is 8. The molecule has 0 radical (unpaired) electrons. The van der Waals surface area contributed by atoms with Gasteiger partial charge in [-0.3, -0.25) is 0 Å². The quantitative estimate of drug-likeness (QED) is 0.469. The highest BCUT2D eigenvalue weighted by Crippen LogP contribution is 2.35. The molecule has 1 aliphatic carbocycles. The van der Waals surface area contributed by atoms with Crippen molar-refractivity contribution in [2.75, 3.05) is 16.5 Å². The molecule has 1 aliphatic rings. The van der Waals surface area contributed by atoms with Crippen LogP contribution >= 0.6 is 0 Å². The van der Waals surface area contributed by atoms with Crippen molar-refractivity contribution in [1.82, 2.24) is 15.0 Å². The third kappa shape index (κ3) is 5.61. The second kappa shape index (κ2) is 9.16. The third-order valence-electron chi connectivity index (χ3n) is 5.30. The van der Waals surface area contributed by atoms with Crippen molar-refractivity contribution in [2.45, 2.75) is 43.2 Å². The third-order valence-corrected chi connectivity index (χ3v) is 6.30. The number of hydrogen-bond acceptors (Lipinski definition) is 7. The summed E-state index contributed by atoms with van der Waals surface area (Å²) >= 11 is 0. The lowest BCUT2D eigenvalue weighted by Gasteiger charge is -2.24. The van der Waals surface area contributed by atoms with Crippen LogP contribution in [0.25, 0.3) is 0 Å². The zero-order valence-corrected chi connectivity index (χ0v) is 18.9. The summed E-state index contributed by atoms with van der Waals surface area (Å²) in [6, 6.07) is 7.74. The number of aromatic nitrogens is 3. The zero-order valence-electron chi connectivity index (χ0n) is 18.1. The maximum absolute atomic E-state index is 15.3. The van der Waals surface area contributed by atoms with Gasteiger partial charge in [-0.2, -0.15) is 17.6 Å². The maximum Gasteiger partial charge on any atom is 0.416 e. The zero-order chi connectivity index (χ0) is 24.5. The van der Waals surface area contributed by atoms with Crippen LogP contribution in [-0.2, 0) is 29.1 Å². The summed E-state index contributed by atoms with van der Waals surface area (Å²) < 4.78 is 76.8. The molecule has 3 aromatic rings. The van der Waals surface area contributed by atoms with Crippen molar-refractivity contribution in [2.24, 2.45) is 0 Å². The Hall–Kier alpha value is -3.28. The highest BCUT2D eigenvalue weighted by Gasteiger charge is 2.33. The van der Waals surface area contributed by atoms with Crippen LogP contribution in [0.4, 0.5) is 29.2 Å². The molecule has 0 spiro atoms. The van der Waals surface area contributed by atoms with Gasteiger partial charge in [0.15, 0.2) is 26.5 Å². The van der Waals surface area contributed by atoms with Crippen molar-refractivity contribution in [3.63, 3.8) is 0 Å². The van der Waals surface area contributed by atoms with Crippen LogP contribution in [0.3, 0.4) is 0 Å². The molecule has 0 bridgehead atoms. The first-order chi connectivity index (χ1) is 16.0. The van der Waals surface area contributed by atoms with E-state index in [0.29, 0.717) is 11.1 Å². The molecule has 0 aliphatic heterocycles. The van der Waals surface area contributed by atoms with Gasteiger partial charge in [0.25, 0.3) is 0 Å². The van der Waals surface area contributed by atoms with E-state index in [1.807, 2.05) is 0 Å². The van der Waals surface area contributed by atoms with Crippen LogP contribution in [0.15, 0.2) is 53.9 Å². The molecule has 1 fully saturated rings. The standard InChI is InChI=1S/C22H21F4N5O2S/c1-34(32,33)18-9-4-15(10-27-18)11-28-20-19(23)21(30-13-29-20)31(17-7-8-17)12-14-2-5-16(6-3-14)22(24,25)26/h2-6,9-10,13,17H,7-8,11-12H2,1H3,(H,28,29,30). The van der Waals surface area contributed by atoms with E-state index in [2.05, 4.69) is 20.3 Å². The van der Waals surface area contributed by atoms with Gasteiger partial charge in [0, 0.05) is 31.6 Å². The molecular formula is C22H21F4N5O2S. The largest absolute Gasteiger partial charge is 0.416 e. The summed E-state index contributed by atoms with van der Waals surface area (Å²) in [5.74, 6) is -0.664. The second-order valence-corrected chi connectivity index (χ2v) is 10.0. The summed E-state index contributed by atoms with van der Waals surface area (Å²) in [4.78, 5) is 13.7.